The van der Waals surface area contributed by atoms with Crippen molar-refractivity contribution in [2.24, 2.45) is 0 Å². The van der Waals surface area contributed by atoms with Gasteiger partial charge in [-0.1, -0.05) is 12.1 Å². The highest BCUT2D eigenvalue weighted by molar-refractivity contribution is 6.07. The number of benzene rings is 2. The number of alkyl halides is 3. The summed E-state index contributed by atoms with van der Waals surface area (Å²) < 4.78 is 53.3. The van der Waals surface area contributed by atoms with Crippen LogP contribution in [0.1, 0.15) is 42.9 Å². The third-order valence-corrected chi connectivity index (χ3v) is 5.60. The molecule has 3 rings (SSSR count). The van der Waals surface area contributed by atoms with E-state index in [4.69, 9.17) is 11.1 Å². The molecule has 174 valence electrons. The molecular formula is C23H22F4N4O2. The largest absolute Gasteiger partial charge is 0.416 e. The summed E-state index contributed by atoms with van der Waals surface area (Å²) in [5, 5.41) is 9.83. The molecule has 1 heterocycles. The molecule has 0 aliphatic carbocycles. The van der Waals surface area contributed by atoms with E-state index in [9.17, 15) is 27.2 Å². The molecule has 1 aliphatic rings. The van der Waals surface area contributed by atoms with Crippen LogP contribution in [0, 0.1) is 11.2 Å². The van der Waals surface area contributed by atoms with Crippen molar-refractivity contribution in [1.29, 1.82) is 5.41 Å². The van der Waals surface area contributed by atoms with Gasteiger partial charge < -0.3 is 21.4 Å². The van der Waals surface area contributed by atoms with Crippen molar-refractivity contribution in [3.05, 3.63) is 70.2 Å². The number of hydrogen-bond donors (Lipinski definition) is 3. The number of hydrogen-bond acceptors (Lipinski definition) is 4. The fraction of sp³-hybridized carbons (Fsp3) is 0.261. The van der Waals surface area contributed by atoms with Crippen molar-refractivity contribution < 1.29 is 27.2 Å². The second kappa shape index (κ2) is 9.05. The summed E-state index contributed by atoms with van der Waals surface area (Å²) in [5.74, 6) is -2.61. The van der Waals surface area contributed by atoms with Gasteiger partial charge in [0.2, 0.25) is 5.91 Å². The monoisotopic (exact) mass is 462 g/mol. The van der Waals surface area contributed by atoms with Gasteiger partial charge in [0.25, 0.3) is 5.91 Å². The van der Waals surface area contributed by atoms with Crippen molar-refractivity contribution in [2.45, 2.75) is 32.4 Å². The lowest BCUT2D eigenvalue weighted by Crippen LogP contribution is -2.39. The predicted molar refractivity (Wildman–Crippen MR) is 116 cm³/mol. The summed E-state index contributed by atoms with van der Waals surface area (Å²) in [4.78, 5) is 27.3. The molecule has 0 saturated heterocycles. The van der Waals surface area contributed by atoms with Crippen LogP contribution < -0.4 is 11.1 Å². The maximum atomic E-state index is 14.4. The number of nitrogens with two attached hydrogens (primary N) is 1. The first kappa shape index (κ1) is 24.0. The molecule has 0 fully saturated rings. The number of nitrogens with one attached hydrogen (secondary N) is 2. The van der Waals surface area contributed by atoms with Gasteiger partial charge in [0, 0.05) is 47.6 Å². The third-order valence-electron chi connectivity index (χ3n) is 5.60. The Morgan fingerprint density at radius 3 is 2.45 bits per heavy atom. The standard InChI is InChI=1S/C23H22F4N4O2/c1-3-31-12(2)21(22(33)30-19-8-14(11-28)18(29)10-17(19)24)16(9-20(31)32)13-4-6-15(7-5-13)23(25,26)27/h4-8,10-11,16,28H,3,9,29H2,1-2H3,(H,30,33). The maximum Gasteiger partial charge on any atom is 0.416 e. The van der Waals surface area contributed by atoms with Gasteiger partial charge in [-0.15, -0.1) is 0 Å². The van der Waals surface area contributed by atoms with E-state index < -0.39 is 29.4 Å². The van der Waals surface area contributed by atoms with E-state index in [1.54, 1.807) is 13.8 Å². The average Bonchev–Trinajstić information content (AvgIpc) is 2.75. The van der Waals surface area contributed by atoms with Crippen molar-refractivity contribution in [2.75, 3.05) is 17.6 Å². The number of carbonyl (C=O) groups is 2. The summed E-state index contributed by atoms with van der Waals surface area (Å²) in [5.41, 5.74) is 5.65. The molecule has 2 aromatic carbocycles. The molecule has 2 aromatic rings. The van der Waals surface area contributed by atoms with E-state index in [0.717, 1.165) is 24.4 Å². The van der Waals surface area contributed by atoms with Crippen LogP contribution in [0.3, 0.4) is 0 Å². The molecule has 0 radical (unpaired) electrons. The number of carbonyl (C=O) groups excluding carboxylic acids is 2. The maximum absolute atomic E-state index is 14.4. The Balaban J connectivity index is 2.04. The SMILES string of the molecule is CCN1C(=O)CC(c2ccc(C(F)(F)F)cc2)C(C(=O)Nc2cc(C=N)c(N)cc2F)=C1C. The minimum Gasteiger partial charge on any atom is -0.398 e. The lowest BCUT2D eigenvalue weighted by Gasteiger charge is -2.34. The van der Waals surface area contributed by atoms with Gasteiger partial charge in [-0.3, -0.25) is 9.59 Å². The lowest BCUT2D eigenvalue weighted by atomic mass is 9.83. The number of amides is 2. The number of anilines is 2. The van der Waals surface area contributed by atoms with Crippen molar-refractivity contribution >= 4 is 29.4 Å². The third kappa shape index (κ3) is 4.74. The quantitative estimate of drug-likeness (QED) is 0.342. The molecule has 0 bridgehead atoms. The van der Waals surface area contributed by atoms with Crippen LogP contribution in [0.15, 0.2) is 47.7 Å². The van der Waals surface area contributed by atoms with Gasteiger partial charge in [0.15, 0.2) is 0 Å². The van der Waals surface area contributed by atoms with Crippen LogP contribution in [0.25, 0.3) is 0 Å². The average molecular weight is 462 g/mol. The normalized spacial score (nSPS) is 16.7. The molecular weight excluding hydrogens is 440 g/mol. The van der Waals surface area contributed by atoms with Gasteiger partial charge in [-0.05, 0) is 43.7 Å². The molecule has 0 aromatic heterocycles. The van der Waals surface area contributed by atoms with Crippen LogP contribution in [-0.4, -0.2) is 29.5 Å². The van der Waals surface area contributed by atoms with Crippen LogP contribution in [0.2, 0.25) is 0 Å². The van der Waals surface area contributed by atoms with E-state index in [1.165, 1.54) is 23.1 Å². The highest BCUT2D eigenvalue weighted by Crippen LogP contribution is 2.38. The number of rotatable bonds is 5. The topological polar surface area (TPSA) is 99.3 Å². The minimum absolute atomic E-state index is 0.0268. The zero-order valence-corrected chi connectivity index (χ0v) is 17.9. The van der Waals surface area contributed by atoms with E-state index in [1.807, 2.05) is 0 Å². The van der Waals surface area contributed by atoms with Gasteiger partial charge in [0.1, 0.15) is 5.82 Å². The predicted octanol–water partition coefficient (Wildman–Crippen LogP) is 4.67. The Kier molecular flexibility index (Phi) is 6.57. The first-order valence-corrected chi connectivity index (χ1v) is 10.1. The Morgan fingerprint density at radius 2 is 1.91 bits per heavy atom. The molecule has 2 amide bonds. The fourth-order valence-electron chi connectivity index (χ4n) is 3.91. The van der Waals surface area contributed by atoms with Gasteiger partial charge in [-0.25, -0.2) is 4.39 Å². The Bertz CT molecular complexity index is 1140. The molecule has 4 N–H and O–H groups in total. The highest BCUT2D eigenvalue weighted by atomic mass is 19.4. The van der Waals surface area contributed by atoms with Gasteiger partial charge in [0.05, 0.1) is 11.3 Å². The fourth-order valence-corrected chi connectivity index (χ4v) is 3.91. The minimum atomic E-state index is -4.52. The summed E-state index contributed by atoms with van der Waals surface area (Å²) in [7, 11) is 0. The highest BCUT2D eigenvalue weighted by Gasteiger charge is 2.36. The van der Waals surface area contributed by atoms with Crippen LogP contribution in [-0.2, 0) is 15.8 Å². The van der Waals surface area contributed by atoms with Gasteiger partial charge >= 0.3 is 6.18 Å². The summed E-state index contributed by atoms with van der Waals surface area (Å²) in [6, 6.07) is 6.46. The molecule has 0 spiro atoms. The number of nitrogens with zero attached hydrogens (tertiary/aromatic N) is 1. The summed E-state index contributed by atoms with van der Waals surface area (Å²) in [6.07, 6.45) is -3.74. The van der Waals surface area contributed by atoms with Crippen molar-refractivity contribution in [3.8, 4) is 0 Å². The summed E-state index contributed by atoms with van der Waals surface area (Å²) in [6.45, 7) is 3.58. The van der Waals surface area contributed by atoms with Crippen LogP contribution in [0.5, 0.6) is 0 Å². The van der Waals surface area contributed by atoms with E-state index in [2.05, 4.69) is 5.32 Å². The van der Waals surface area contributed by atoms with E-state index >= 15 is 0 Å². The van der Waals surface area contributed by atoms with E-state index in [-0.39, 0.29) is 41.4 Å². The number of nitrogen functional groups attached to an aromatic ring is 1. The Morgan fingerprint density at radius 1 is 1.27 bits per heavy atom. The smallest absolute Gasteiger partial charge is 0.398 e. The zero-order valence-electron chi connectivity index (χ0n) is 17.9. The van der Waals surface area contributed by atoms with Gasteiger partial charge in [-0.2, -0.15) is 13.2 Å². The van der Waals surface area contributed by atoms with Crippen molar-refractivity contribution in [1.82, 2.24) is 4.90 Å². The van der Waals surface area contributed by atoms with Crippen LogP contribution >= 0.6 is 0 Å². The number of allylic oxidation sites excluding steroid dienone is 1. The second-order valence-electron chi connectivity index (χ2n) is 7.57. The van der Waals surface area contributed by atoms with Crippen LogP contribution in [0.4, 0.5) is 28.9 Å². The molecule has 1 atom stereocenters. The molecule has 33 heavy (non-hydrogen) atoms. The first-order chi connectivity index (χ1) is 15.5. The van der Waals surface area contributed by atoms with E-state index in [0.29, 0.717) is 11.3 Å². The Hall–Kier alpha value is -3.69. The molecule has 10 heteroatoms. The zero-order chi connectivity index (χ0) is 24.5. The molecule has 1 unspecified atom stereocenters. The Labute approximate surface area is 187 Å². The molecule has 1 aliphatic heterocycles. The first-order valence-electron chi connectivity index (χ1n) is 10.1. The van der Waals surface area contributed by atoms with Crippen molar-refractivity contribution in [3.63, 3.8) is 0 Å². The summed E-state index contributed by atoms with van der Waals surface area (Å²) >= 11 is 0. The second-order valence-corrected chi connectivity index (χ2v) is 7.57. The molecule has 0 saturated carbocycles. The number of halogens is 4. The lowest BCUT2D eigenvalue weighted by molar-refractivity contribution is -0.137. The molecule has 6 nitrogen and oxygen atoms in total.